The molecule has 0 bridgehead atoms. The summed E-state index contributed by atoms with van der Waals surface area (Å²) in [7, 11) is -0.455. The van der Waals surface area contributed by atoms with E-state index in [2.05, 4.69) is 4.90 Å². The lowest BCUT2D eigenvalue weighted by Gasteiger charge is -2.36. The van der Waals surface area contributed by atoms with Gasteiger partial charge in [0.05, 0.1) is 19.9 Å². The molecule has 2 aromatic carbocycles. The molecule has 1 heterocycles. The van der Waals surface area contributed by atoms with Crippen LogP contribution in [0, 0.1) is 0 Å². The zero-order valence-corrected chi connectivity index (χ0v) is 15.2. The van der Waals surface area contributed by atoms with Gasteiger partial charge in [-0.05, 0) is 24.3 Å². The summed E-state index contributed by atoms with van der Waals surface area (Å²) in [6.07, 6.45) is 0. The molecule has 0 amide bonds. The minimum Gasteiger partial charge on any atom is -0.495 e. The molecule has 3 rings (SSSR count). The van der Waals surface area contributed by atoms with Crippen LogP contribution in [0.5, 0.6) is 11.5 Å². The fourth-order valence-electron chi connectivity index (χ4n) is 3.03. The van der Waals surface area contributed by atoms with Crippen molar-refractivity contribution in [2.45, 2.75) is 4.90 Å². The number of nitrogens with zero attached hydrogens (tertiary/aromatic N) is 2. The molecule has 0 saturated carbocycles. The Hall–Kier alpha value is -2.25. The summed E-state index contributed by atoms with van der Waals surface area (Å²) in [5, 5.41) is 0. The van der Waals surface area contributed by atoms with Crippen LogP contribution in [0.3, 0.4) is 0 Å². The van der Waals surface area contributed by atoms with Gasteiger partial charge in [0.2, 0.25) is 10.0 Å². The van der Waals surface area contributed by atoms with Gasteiger partial charge < -0.3 is 14.4 Å². The molecule has 1 fully saturated rings. The monoisotopic (exact) mass is 362 g/mol. The van der Waals surface area contributed by atoms with Gasteiger partial charge in [-0.25, -0.2) is 8.42 Å². The molecule has 0 aromatic heterocycles. The summed E-state index contributed by atoms with van der Waals surface area (Å²) < 4.78 is 38.0. The standard InChI is InChI=1S/C18H22N2O4S/c1-23-16-8-4-3-7-15(16)19-11-13-20(14-12-19)25(21,22)18-10-6-5-9-17(18)24-2/h3-10H,11-14H2,1-2H3. The van der Waals surface area contributed by atoms with Crippen LogP contribution >= 0.6 is 0 Å². The van der Waals surface area contributed by atoms with Crippen LogP contribution in [-0.2, 0) is 10.0 Å². The number of anilines is 1. The third kappa shape index (κ3) is 3.43. The highest BCUT2D eigenvalue weighted by molar-refractivity contribution is 7.89. The lowest BCUT2D eigenvalue weighted by Crippen LogP contribution is -2.48. The van der Waals surface area contributed by atoms with Crippen molar-refractivity contribution in [3.8, 4) is 11.5 Å². The van der Waals surface area contributed by atoms with E-state index in [0.717, 1.165) is 11.4 Å². The predicted molar refractivity (Wildman–Crippen MR) is 97.0 cm³/mol. The molecule has 0 radical (unpaired) electrons. The van der Waals surface area contributed by atoms with E-state index >= 15 is 0 Å². The zero-order chi connectivity index (χ0) is 17.9. The smallest absolute Gasteiger partial charge is 0.246 e. The average Bonchev–Trinajstić information content (AvgIpc) is 2.68. The molecule has 1 aliphatic heterocycles. The molecular weight excluding hydrogens is 340 g/mol. The van der Waals surface area contributed by atoms with Crippen LogP contribution in [0.25, 0.3) is 0 Å². The van der Waals surface area contributed by atoms with Crippen LogP contribution in [0.4, 0.5) is 5.69 Å². The number of ether oxygens (including phenoxy) is 2. The summed E-state index contributed by atoms with van der Waals surface area (Å²) in [6.45, 7) is 2.04. The first-order chi connectivity index (χ1) is 12.1. The van der Waals surface area contributed by atoms with E-state index in [1.165, 1.54) is 11.4 Å². The number of benzene rings is 2. The SMILES string of the molecule is COc1ccccc1N1CCN(S(=O)(=O)c2ccccc2OC)CC1. The molecule has 134 valence electrons. The fourth-order valence-corrected chi connectivity index (χ4v) is 4.61. The van der Waals surface area contributed by atoms with Gasteiger partial charge in [-0.1, -0.05) is 24.3 Å². The van der Waals surface area contributed by atoms with Crippen molar-refractivity contribution in [3.05, 3.63) is 48.5 Å². The highest BCUT2D eigenvalue weighted by Gasteiger charge is 2.31. The van der Waals surface area contributed by atoms with Crippen molar-refractivity contribution in [2.24, 2.45) is 0 Å². The van der Waals surface area contributed by atoms with Crippen molar-refractivity contribution in [2.75, 3.05) is 45.3 Å². The van der Waals surface area contributed by atoms with Gasteiger partial charge in [-0.3, -0.25) is 0 Å². The van der Waals surface area contributed by atoms with Gasteiger partial charge in [0.25, 0.3) is 0 Å². The van der Waals surface area contributed by atoms with E-state index in [0.29, 0.717) is 31.9 Å². The molecule has 6 nitrogen and oxygen atoms in total. The Labute approximate surface area is 148 Å². The van der Waals surface area contributed by atoms with Crippen LogP contribution in [-0.4, -0.2) is 53.1 Å². The number of rotatable bonds is 5. The first kappa shape index (κ1) is 17.6. The van der Waals surface area contributed by atoms with E-state index < -0.39 is 10.0 Å². The number of methoxy groups -OCH3 is 2. The fraction of sp³-hybridized carbons (Fsp3) is 0.333. The largest absolute Gasteiger partial charge is 0.495 e. The van der Waals surface area contributed by atoms with Crippen LogP contribution in [0.15, 0.2) is 53.4 Å². The second-order valence-electron chi connectivity index (χ2n) is 5.71. The minimum atomic E-state index is -3.58. The van der Waals surface area contributed by atoms with E-state index in [1.807, 2.05) is 24.3 Å². The van der Waals surface area contributed by atoms with Gasteiger partial charge in [-0.2, -0.15) is 4.31 Å². The maximum absolute atomic E-state index is 12.9. The second kappa shape index (κ2) is 7.33. The third-order valence-corrected chi connectivity index (χ3v) is 6.29. The van der Waals surface area contributed by atoms with Crippen molar-refractivity contribution in [1.82, 2.24) is 4.31 Å². The topological polar surface area (TPSA) is 59.1 Å². The number of hydrogen-bond acceptors (Lipinski definition) is 5. The third-order valence-electron chi connectivity index (χ3n) is 4.35. The summed E-state index contributed by atoms with van der Waals surface area (Å²) in [6, 6.07) is 14.5. The number of para-hydroxylation sites is 3. The molecule has 0 N–H and O–H groups in total. The Morgan fingerprint density at radius 3 is 2.00 bits per heavy atom. The minimum absolute atomic E-state index is 0.211. The summed E-state index contributed by atoms with van der Waals surface area (Å²) in [4.78, 5) is 2.36. The molecule has 0 spiro atoms. The summed E-state index contributed by atoms with van der Waals surface area (Å²) in [5.74, 6) is 1.16. The second-order valence-corrected chi connectivity index (χ2v) is 7.62. The molecule has 1 saturated heterocycles. The lowest BCUT2D eigenvalue weighted by molar-refractivity contribution is 0.370. The highest BCUT2D eigenvalue weighted by atomic mass is 32.2. The molecule has 1 aliphatic rings. The van der Waals surface area contributed by atoms with Crippen LogP contribution in [0.2, 0.25) is 0 Å². The number of sulfonamides is 1. The predicted octanol–water partition coefficient (Wildman–Crippen LogP) is 2.21. The van der Waals surface area contributed by atoms with Gasteiger partial charge in [0.1, 0.15) is 16.4 Å². The van der Waals surface area contributed by atoms with Crippen LogP contribution < -0.4 is 14.4 Å². The van der Waals surface area contributed by atoms with Gasteiger partial charge in [0.15, 0.2) is 0 Å². The van der Waals surface area contributed by atoms with E-state index in [4.69, 9.17) is 9.47 Å². The lowest BCUT2D eigenvalue weighted by atomic mass is 10.2. The van der Waals surface area contributed by atoms with Gasteiger partial charge in [-0.15, -0.1) is 0 Å². The van der Waals surface area contributed by atoms with Crippen LogP contribution in [0.1, 0.15) is 0 Å². The van der Waals surface area contributed by atoms with E-state index in [9.17, 15) is 8.42 Å². The van der Waals surface area contributed by atoms with Gasteiger partial charge >= 0.3 is 0 Å². The Bertz CT molecular complexity index is 830. The van der Waals surface area contributed by atoms with Crippen molar-refractivity contribution < 1.29 is 17.9 Å². The molecule has 0 atom stereocenters. The van der Waals surface area contributed by atoms with Crippen molar-refractivity contribution in [1.29, 1.82) is 0 Å². The molecule has 7 heteroatoms. The van der Waals surface area contributed by atoms with Crippen molar-refractivity contribution in [3.63, 3.8) is 0 Å². The molecule has 2 aromatic rings. The Morgan fingerprint density at radius 1 is 0.800 bits per heavy atom. The first-order valence-electron chi connectivity index (χ1n) is 8.09. The summed E-state index contributed by atoms with van der Waals surface area (Å²) in [5.41, 5.74) is 0.985. The zero-order valence-electron chi connectivity index (χ0n) is 14.4. The van der Waals surface area contributed by atoms with E-state index in [1.54, 1.807) is 31.4 Å². The first-order valence-corrected chi connectivity index (χ1v) is 9.53. The summed E-state index contributed by atoms with van der Waals surface area (Å²) >= 11 is 0. The molecule has 0 unspecified atom stereocenters. The maximum Gasteiger partial charge on any atom is 0.246 e. The Morgan fingerprint density at radius 2 is 1.36 bits per heavy atom. The number of piperazine rings is 1. The molecule has 0 aliphatic carbocycles. The van der Waals surface area contributed by atoms with Gasteiger partial charge in [0, 0.05) is 26.2 Å². The normalized spacial score (nSPS) is 15.8. The quantitative estimate of drug-likeness (QED) is 0.816. The molecule has 25 heavy (non-hydrogen) atoms. The average molecular weight is 362 g/mol. The highest BCUT2D eigenvalue weighted by Crippen LogP contribution is 2.31. The molecular formula is C18H22N2O4S. The van der Waals surface area contributed by atoms with Crippen molar-refractivity contribution >= 4 is 15.7 Å². The Kier molecular flexibility index (Phi) is 5.15. The number of hydrogen-bond donors (Lipinski definition) is 0. The van der Waals surface area contributed by atoms with E-state index in [-0.39, 0.29) is 4.90 Å². The maximum atomic E-state index is 12.9. The Balaban J connectivity index is 1.78.